The first-order valence-corrected chi connectivity index (χ1v) is 13.9. The van der Waals surface area contributed by atoms with Gasteiger partial charge in [-0.2, -0.15) is 0 Å². The fourth-order valence-electron chi connectivity index (χ4n) is 5.69. The minimum atomic E-state index is -0.141. The average Bonchev–Trinajstić information content (AvgIpc) is 3.72. The number of piperazine rings is 1. The number of likely N-dealkylation sites (N-methyl/N-ethyl adjacent to an activating group) is 1. The first-order chi connectivity index (χ1) is 17.1. The van der Waals surface area contributed by atoms with E-state index in [1.54, 1.807) is 17.4 Å². The van der Waals surface area contributed by atoms with E-state index in [4.69, 9.17) is 0 Å². The van der Waals surface area contributed by atoms with Crippen LogP contribution in [0.15, 0.2) is 36.6 Å². The molecule has 3 fully saturated rings. The summed E-state index contributed by atoms with van der Waals surface area (Å²) in [6, 6.07) is 0.272. The van der Waals surface area contributed by atoms with Gasteiger partial charge in [-0.15, -0.1) is 11.3 Å². The van der Waals surface area contributed by atoms with Crippen molar-refractivity contribution in [1.29, 1.82) is 0 Å². The van der Waals surface area contributed by atoms with E-state index in [0.717, 1.165) is 63.2 Å². The van der Waals surface area contributed by atoms with Crippen LogP contribution in [0.3, 0.4) is 0 Å². The maximum atomic E-state index is 13.3. The first kappa shape index (κ1) is 25.2. The molecule has 2 N–H and O–H groups in total. The Morgan fingerprint density at radius 2 is 1.89 bits per heavy atom. The highest BCUT2D eigenvalue weighted by atomic mass is 32.1. The lowest BCUT2D eigenvalue weighted by molar-refractivity contribution is -0.115. The molecule has 1 saturated carbocycles. The van der Waals surface area contributed by atoms with E-state index in [2.05, 4.69) is 59.7 Å². The van der Waals surface area contributed by atoms with E-state index >= 15 is 0 Å². The van der Waals surface area contributed by atoms with Gasteiger partial charge in [-0.1, -0.05) is 18.7 Å². The SMILES string of the molecule is C=C/C=C(\C=C/CC(=O)Nc1sc2c(c1C(=O)NC1CC1)CC1(C)CN1C2(C)C)N1CCN(C)CC1. The maximum absolute atomic E-state index is 13.3. The van der Waals surface area contributed by atoms with Gasteiger partial charge in [0.1, 0.15) is 5.00 Å². The fraction of sp³-hybridized carbons (Fsp3) is 0.571. The smallest absolute Gasteiger partial charge is 0.254 e. The molecule has 1 aromatic heterocycles. The van der Waals surface area contributed by atoms with Gasteiger partial charge in [0.2, 0.25) is 5.91 Å². The van der Waals surface area contributed by atoms with Crippen molar-refractivity contribution in [3.05, 3.63) is 52.6 Å². The quantitative estimate of drug-likeness (QED) is 0.413. The molecular formula is C28H39N5O2S. The standard InChI is InChI=1S/C28H39N5O2S/c1-6-8-20(32-15-13-31(5)14-16-32)9-7-10-22(34)30-26-23(25(35)29-19-11-12-19)21-17-28(4)18-33(28)27(2,3)24(21)36-26/h6-9,19H,1,10-18H2,2-5H3,(H,29,35)(H,30,34)/b9-7-,20-8+. The minimum Gasteiger partial charge on any atom is -0.369 e. The number of nitrogens with one attached hydrogen (secondary N) is 2. The molecule has 0 radical (unpaired) electrons. The third-order valence-electron chi connectivity index (χ3n) is 7.98. The molecule has 5 rings (SSSR count). The molecule has 2 saturated heterocycles. The molecule has 4 aliphatic rings. The van der Waals surface area contributed by atoms with Crippen LogP contribution >= 0.6 is 11.3 Å². The summed E-state index contributed by atoms with van der Waals surface area (Å²) in [5.41, 5.74) is 2.84. The Morgan fingerprint density at radius 3 is 2.56 bits per heavy atom. The molecule has 0 spiro atoms. The third-order valence-corrected chi connectivity index (χ3v) is 9.44. The Labute approximate surface area is 218 Å². The molecule has 1 aromatic rings. The van der Waals surface area contributed by atoms with Gasteiger partial charge >= 0.3 is 0 Å². The van der Waals surface area contributed by atoms with Gasteiger partial charge < -0.3 is 20.4 Å². The molecule has 36 heavy (non-hydrogen) atoms. The van der Waals surface area contributed by atoms with Crippen molar-refractivity contribution in [1.82, 2.24) is 20.0 Å². The number of thiophene rings is 1. The largest absolute Gasteiger partial charge is 0.369 e. The zero-order chi connectivity index (χ0) is 25.7. The highest BCUT2D eigenvalue weighted by Crippen LogP contribution is 2.56. The van der Waals surface area contributed by atoms with E-state index in [1.165, 1.54) is 4.88 Å². The van der Waals surface area contributed by atoms with Gasteiger partial charge in [-0.05, 0) is 64.8 Å². The van der Waals surface area contributed by atoms with Crippen LogP contribution in [0.4, 0.5) is 5.00 Å². The summed E-state index contributed by atoms with van der Waals surface area (Å²) in [5, 5.41) is 6.96. The predicted molar refractivity (Wildman–Crippen MR) is 146 cm³/mol. The number of nitrogens with zero attached hydrogens (tertiary/aromatic N) is 3. The number of allylic oxidation sites excluding steroid dienone is 3. The molecule has 1 aliphatic carbocycles. The van der Waals surface area contributed by atoms with Gasteiger partial charge in [0.15, 0.2) is 0 Å². The summed E-state index contributed by atoms with van der Waals surface area (Å²) >= 11 is 1.58. The summed E-state index contributed by atoms with van der Waals surface area (Å²) in [4.78, 5) is 34.7. The number of carbonyl (C=O) groups is 2. The van der Waals surface area contributed by atoms with Crippen molar-refractivity contribution in [3.63, 3.8) is 0 Å². The van der Waals surface area contributed by atoms with E-state index in [-0.39, 0.29) is 35.4 Å². The predicted octanol–water partition coefficient (Wildman–Crippen LogP) is 3.71. The molecule has 3 aliphatic heterocycles. The van der Waals surface area contributed by atoms with Crippen LogP contribution in [0, 0.1) is 0 Å². The Hall–Kier alpha value is -2.42. The van der Waals surface area contributed by atoms with E-state index in [0.29, 0.717) is 10.6 Å². The zero-order valence-corrected chi connectivity index (χ0v) is 22.8. The van der Waals surface area contributed by atoms with Crippen LogP contribution in [0.2, 0.25) is 0 Å². The second kappa shape index (κ2) is 9.47. The molecule has 2 unspecified atom stereocenters. The van der Waals surface area contributed by atoms with Gasteiger partial charge in [0.05, 0.1) is 11.1 Å². The highest BCUT2D eigenvalue weighted by Gasteiger charge is 2.60. The summed E-state index contributed by atoms with van der Waals surface area (Å²) in [7, 11) is 2.14. The number of amides is 2. The summed E-state index contributed by atoms with van der Waals surface area (Å²) in [6.45, 7) is 15.6. The fourth-order valence-corrected chi connectivity index (χ4v) is 7.03. The number of hydrogen-bond donors (Lipinski definition) is 2. The summed E-state index contributed by atoms with van der Waals surface area (Å²) < 4.78 is 0. The normalized spacial score (nSPS) is 27.4. The third kappa shape index (κ3) is 4.91. The van der Waals surface area contributed by atoms with Crippen LogP contribution in [-0.2, 0) is 16.8 Å². The van der Waals surface area contributed by atoms with E-state index < -0.39 is 0 Å². The molecule has 0 aromatic carbocycles. The van der Waals surface area contributed by atoms with E-state index in [9.17, 15) is 9.59 Å². The van der Waals surface area contributed by atoms with Crippen molar-refractivity contribution in [2.45, 2.75) is 63.6 Å². The Morgan fingerprint density at radius 1 is 1.17 bits per heavy atom. The lowest BCUT2D eigenvalue weighted by Gasteiger charge is -2.35. The number of rotatable bonds is 8. The molecule has 8 heteroatoms. The Kier molecular flexibility index (Phi) is 6.64. The second-order valence-corrected chi connectivity index (χ2v) is 12.5. The van der Waals surface area contributed by atoms with Crippen molar-refractivity contribution in [2.24, 2.45) is 0 Å². The molecule has 2 atom stereocenters. The van der Waals surface area contributed by atoms with Crippen molar-refractivity contribution in [3.8, 4) is 0 Å². The molecule has 7 nitrogen and oxygen atoms in total. The van der Waals surface area contributed by atoms with Gasteiger partial charge in [0, 0.05) is 61.3 Å². The monoisotopic (exact) mass is 509 g/mol. The topological polar surface area (TPSA) is 67.7 Å². The Balaban J connectivity index is 1.32. The maximum Gasteiger partial charge on any atom is 0.254 e. The van der Waals surface area contributed by atoms with Gasteiger partial charge in [0.25, 0.3) is 5.91 Å². The van der Waals surface area contributed by atoms with Crippen LogP contribution in [0.1, 0.15) is 60.8 Å². The Bertz CT molecular complexity index is 1120. The van der Waals surface area contributed by atoms with Crippen molar-refractivity contribution < 1.29 is 9.59 Å². The molecule has 0 bridgehead atoms. The summed E-state index contributed by atoms with van der Waals surface area (Å²) in [5.74, 6) is -0.142. The van der Waals surface area contributed by atoms with Crippen LogP contribution in [0.25, 0.3) is 0 Å². The number of carbonyl (C=O) groups excluding carboxylic acids is 2. The minimum absolute atomic E-state index is 0.0411. The van der Waals surface area contributed by atoms with Crippen LogP contribution < -0.4 is 10.6 Å². The molecule has 4 heterocycles. The highest BCUT2D eigenvalue weighted by molar-refractivity contribution is 7.17. The molecular weight excluding hydrogens is 470 g/mol. The van der Waals surface area contributed by atoms with Gasteiger partial charge in [-0.3, -0.25) is 14.5 Å². The van der Waals surface area contributed by atoms with Crippen molar-refractivity contribution in [2.75, 3.05) is 45.1 Å². The first-order valence-electron chi connectivity index (χ1n) is 13.1. The second-order valence-electron chi connectivity index (χ2n) is 11.5. The van der Waals surface area contributed by atoms with Crippen LogP contribution in [-0.4, -0.2) is 77.9 Å². The molecule has 2 amide bonds. The van der Waals surface area contributed by atoms with Gasteiger partial charge in [-0.25, -0.2) is 0 Å². The van der Waals surface area contributed by atoms with E-state index in [1.807, 2.05) is 18.2 Å². The zero-order valence-electron chi connectivity index (χ0n) is 22.0. The number of fused-ring (bicyclic) bond motifs is 2. The number of hydrogen-bond acceptors (Lipinski definition) is 6. The molecule has 194 valence electrons. The number of anilines is 1. The average molecular weight is 510 g/mol. The summed E-state index contributed by atoms with van der Waals surface area (Å²) in [6.07, 6.45) is 10.9. The lowest BCUT2D eigenvalue weighted by atomic mass is 9.86. The van der Waals surface area contributed by atoms with Crippen LogP contribution in [0.5, 0.6) is 0 Å². The lowest BCUT2D eigenvalue weighted by Crippen LogP contribution is -2.43. The van der Waals surface area contributed by atoms with Crippen molar-refractivity contribution >= 4 is 28.2 Å².